The molecule has 20 heavy (non-hydrogen) atoms. The third-order valence-electron chi connectivity index (χ3n) is 5.44. The first-order valence-corrected chi connectivity index (χ1v) is 8.01. The van der Waals surface area contributed by atoms with Gasteiger partial charge in [-0.05, 0) is 55.8 Å². The Morgan fingerprint density at radius 1 is 1.15 bits per heavy atom. The minimum Gasteiger partial charge on any atom is -0.468 e. The van der Waals surface area contributed by atoms with E-state index in [1.807, 2.05) is 0 Å². The highest BCUT2D eigenvalue weighted by Gasteiger charge is 2.50. The Hall–Kier alpha value is -0.770. The summed E-state index contributed by atoms with van der Waals surface area (Å²) < 4.78 is 4.56. The smallest absolute Gasteiger partial charge is 0.325 e. The predicted octanol–water partition coefficient (Wildman–Crippen LogP) is 1.96. The molecular formula is C15H22ClNO3. The van der Waals surface area contributed by atoms with Crippen molar-refractivity contribution >= 4 is 23.5 Å². The third-order valence-corrected chi connectivity index (χ3v) is 5.77. The Bertz CT molecular complexity index is 384. The van der Waals surface area contributed by atoms with Crippen LogP contribution in [0.3, 0.4) is 0 Å². The zero-order chi connectivity index (χ0) is 14.3. The molecule has 4 fully saturated rings. The van der Waals surface area contributed by atoms with Crippen LogP contribution < -0.4 is 5.32 Å². The van der Waals surface area contributed by atoms with Crippen LogP contribution in [-0.4, -0.2) is 30.9 Å². The number of halogens is 1. The van der Waals surface area contributed by atoms with Crippen LogP contribution in [0.4, 0.5) is 0 Å². The van der Waals surface area contributed by atoms with Crippen LogP contribution in [-0.2, 0) is 14.3 Å². The fraction of sp³-hybridized carbons (Fsp3) is 0.867. The number of ether oxygens (including phenoxy) is 1. The molecule has 1 N–H and O–H groups in total. The van der Waals surface area contributed by atoms with Gasteiger partial charge in [0.25, 0.3) is 0 Å². The Labute approximate surface area is 124 Å². The first-order valence-electron chi connectivity index (χ1n) is 7.58. The lowest BCUT2D eigenvalue weighted by atomic mass is 9.51. The summed E-state index contributed by atoms with van der Waals surface area (Å²) >= 11 is 5.88. The van der Waals surface area contributed by atoms with E-state index in [0.717, 1.165) is 11.8 Å². The van der Waals surface area contributed by atoms with Crippen LogP contribution in [0, 0.1) is 29.6 Å². The number of esters is 1. The van der Waals surface area contributed by atoms with Gasteiger partial charge in [-0.25, -0.2) is 0 Å². The molecule has 0 radical (unpaired) electrons. The highest BCUT2D eigenvalue weighted by atomic mass is 35.5. The Kier molecular flexibility index (Phi) is 3.93. The summed E-state index contributed by atoms with van der Waals surface area (Å²) in [7, 11) is 1.30. The molecule has 0 heterocycles. The Morgan fingerprint density at radius 3 is 2.20 bits per heavy atom. The van der Waals surface area contributed by atoms with Crippen molar-refractivity contribution in [2.24, 2.45) is 29.6 Å². The molecule has 0 aromatic carbocycles. The number of alkyl halides is 1. The highest BCUT2D eigenvalue weighted by Crippen LogP contribution is 2.56. The van der Waals surface area contributed by atoms with E-state index in [1.54, 1.807) is 0 Å². The van der Waals surface area contributed by atoms with Crippen LogP contribution in [0.15, 0.2) is 0 Å². The largest absolute Gasteiger partial charge is 0.468 e. The van der Waals surface area contributed by atoms with Gasteiger partial charge in [-0.3, -0.25) is 9.59 Å². The molecule has 1 amide bonds. The lowest BCUT2D eigenvalue weighted by molar-refractivity contribution is -0.140. The molecular weight excluding hydrogens is 278 g/mol. The number of hydrogen-bond acceptors (Lipinski definition) is 3. The van der Waals surface area contributed by atoms with Crippen LogP contribution in [0.1, 0.15) is 32.1 Å². The summed E-state index contributed by atoms with van der Waals surface area (Å²) in [5.41, 5.74) is 0. The van der Waals surface area contributed by atoms with Crippen molar-refractivity contribution in [3.05, 3.63) is 0 Å². The summed E-state index contributed by atoms with van der Waals surface area (Å²) in [4.78, 5) is 23.7. The molecule has 4 saturated carbocycles. The minimum atomic E-state index is -0.791. The third kappa shape index (κ3) is 2.54. The van der Waals surface area contributed by atoms with Crippen molar-refractivity contribution in [1.82, 2.24) is 5.32 Å². The SMILES string of the molecule is COC(=O)C(Cl)CNC(=O)C1C2CC3CC(C2)CC1C3. The van der Waals surface area contributed by atoms with Gasteiger partial charge in [-0.1, -0.05) is 0 Å². The van der Waals surface area contributed by atoms with E-state index in [0.29, 0.717) is 11.8 Å². The maximum Gasteiger partial charge on any atom is 0.325 e. The standard InChI is InChI=1S/C15H22ClNO3/c1-20-15(19)12(16)7-17-14(18)13-10-3-8-2-9(5-10)6-11(13)4-8/h8-13H,2-7H2,1H3,(H,17,18). The van der Waals surface area contributed by atoms with Gasteiger partial charge in [0.2, 0.25) is 5.91 Å². The van der Waals surface area contributed by atoms with E-state index in [2.05, 4.69) is 10.1 Å². The fourth-order valence-corrected chi connectivity index (χ4v) is 5.04. The molecule has 0 aromatic rings. The van der Waals surface area contributed by atoms with Gasteiger partial charge in [0.1, 0.15) is 5.38 Å². The fourth-order valence-electron chi connectivity index (χ4n) is 4.87. The van der Waals surface area contributed by atoms with Gasteiger partial charge in [-0.2, -0.15) is 0 Å². The van der Waals surface area contributed by atoms with Gasteiger partial charge < -0.3 is 10.1 Å². The average molecular weight is 300 g/mol. The number of carbonyl (C=O) groups is 2. The van der Waals surface area contributed by atoms with E-state index in [1.165, 1.54) is 39.2 Å². The van der Waals surface area contributed by atoms with Crippen molar-refractivity contribution in [3.63, 3.8) is 0 Å². The maximum atomic E-state index is 12.4. The first-order chi connectivity index (χ1) is 9.58. The second-order valence-corrected chi connectivity index (χ2v) is 7.22. The minimum absolute atomic E-state index is 0.0911. The van der Waals surface area contributed by atoms with Crippen molar-refractivity contribution in [3.8, 4) is 0 Å². The second-order valence-electron chi connectivity index (χ2n) is 6.69. The number of carbonyl (C=O) groups excluding carboxylic acids is 2. The molecule has 4 aliphatic carbocycles. The molecule has 0 aliphatic heterocycles. The van der Waals surface area contributed by atoms with E-state index < -0.39 is 11.3 Å². The number of amides is 1. The molecule has 4 aliphatic rings. The molecule has 4 bridgehead atoms. The van der Waals surface area contributed by atoms with Crippen LogP contribution in [0.25, 0.3) is 0 Å². The van der Waals surface area contributed by atoms with E-state index in [9.17, 15) is 9.59 Å². The molecule has 1 unspecified atom stereocenters. The lowest BCUT2D eigenvalue weighted by Gasteiger charge is -2.53. The summed E-state index contributed by atoms with van der Waals surface area (Å²) in [6.45, 7) is 0.163. The molecule has 4 nitrogen and oxygen atoms in total. The summed E-state index contributed by atoms with van der Waals surface area (Å²) in [5.74, 6) is 2.57. The van der Waals surface area contributed by atoms with Gasteiger partial charge >= 0.3 is 5.97 Å². The van der Waals surface area contributed by atoms with E-state index in [-0.39, 0.29) is 18.4 Å². The summed E-state index contributed by atoms with van der Waals surface area (Å²) in [6.07, 6.45) is 6.24. The zero-order valence-corrected chi connectivity index (χ0v) is 12.6. The van der Waals surface area contributed by atoms with Crippen molar-refractivity contribution in [2.45, 2.75) is 37.5 Å². The number of methoxy groups -OCH3 is 1. The molecule has 0 aromatic heterocycles. The topological polar surface area (TPSA) is 55.4 Å². The zero-order valence-electron chi connectivity index (χ0n) is 11.8. The van der Waals surface area contributed by atoms with Gasteiger partial charge in [-0.15, -0.1) is 11.6 Å². The van der Waals surface area contributed by atoms with Crippen molar-refractivity contribution in [2.75, 3.05) is 13.7 Å². The number of nitrogens with one attached hydrogen (secondary N) is 1. The van der Waals surface area contributed by atoms with Crippen LogP contribution >= 0.6 is 11.6 Å². The van der Waals surface area contributed by atoms with E-state index >= 15 is 0 Å². The maximum absolute atomic E-state index is 12.4. The highest BCUT2D eigenvalue weighted by molar-refractivity contribution is 6.30. The molecule has 0 spiro atoms. The Morgan fingerprint density at radius 2 is 1.70 bits per heavy atom. The summed E-state index contributed by atoms with van der Waals surface area (Å²) in [5, 5.41) is 2.06. The van der Waals surface area contributed by atoms with Crippen LogP contribution in [0.2, 0.25) is 0 Å². The Balaban J connectivity index is 1.56. The molecule has 0 saturated heterocycles. The predicted molar refractivity (Wildman–Crippen MR) is 75.2 cm³/mol. The van der Waals surface area contributed by atoms with Crippen molar-refractivity contribution in [1.29, 1.82) is 0 Å². The van der Waals surface area contributed by atoms with Gasteiger partial charge in [0.05, 0.1) is 7.11 Å². The van der Waals surface area contributed by atoms with Gasteiger partial charge in [0.15, 0.2) is 0 Å². The average Bonchev–Trinajstić information content (AvgIpc) is 2.42. The van der Waals surface area contributed by atoms with Crippen LogP contribution in [0.5, 0.6) is 0 Å². The van der Waals surface area contributed by atoms with E-state index in [4.69, 9.17) is 11.6 Å². The van der Waals surface area contributed by atoms with Gasteiger partial charge in [0, 0.05) is 12.5 Å². The lowest BCUT2D eigenvalue weighted by Crippen LogP contribution is -2.51. The number of rotatable bonds is 4. The van der Waals surface area contributed by atoms with Crippen molar-refractivity contribution < 1.29 is 14.3 Å². The first kappa shape index (κ1) is 14.2. The molecule has 4 rings (SSSR count). The monoisotopic (exact) mass is 299 g/mol. The molecule has 112 valence electrons. The summed E-state index contributed by atoms with van der Waals surface area (Å²) in [6, 6.07) is 0. The second kappa shape index (κ2) is 5.55. The number of hydrogen-bond donors (Lipinski definition) is 1. The molecule has 5 heteroatoms. The molecule has 1 atom stereocenters. The normalized spacial score (nSPS) is 39.4. The quantitative estimate of drug-likeness (QED) is 0.638.